The first kappa shape index (κ1) is 25.2. The summed E-state index contributed by atoms with van der Waals surface area (Å²) in [5.74, 6) is -0.140. The maximum absolute atomic E-state index is 13.8. The number of hydrogen-bond acceptors (Lipinski definition) is 5. The summed E-state index contributed by atoms with van der Waals surface area (Å²) in [7, 11) is 1.39. The number of benzene rings is 2. The molecule has 0 bridgehead atoms. The van der Waals surface area contributed by atoms with Crippen molar-refractivity contribution in [1.82, 2.24) is 4.98 Å². The number of esters is 1. The highest BCUT2D eigenvalue weighted by atomic mass is 32.1. The highest BCUT2D eigenvalue weighted by molar-refractivity contribution is 7.17. The number of hydrogen-bond donors (Lipinski definition) is 1. The maximum Gasteiger partial charge on any atom is 0.341 e. The van der Waals surface area contributed by atoms with E-state index < -0.39 is 5.97 Å². The highest BCUT2D eigenvalue weighted by Crippen LogP contribution is 2.44. The Hall–Kier alpha value is -3.51. The zero-order valence-electron chi connectivity index (χ0n) is 22.0. The summed E-state index contributed by atoms with van der Waals surface area (Å²) in [6, 6.07) is 17.6. The van der Waals surface area contributed by atoms with Crippen LogP contribution in [-0.4, -0.2) is 24.0 Å². The lowest BCUT2D eigenvalue weighted by Crippen LogP contribution is -2.26. The molecule has 37 heavy (non-hydrogen) atoms. The summed E-state index contributed by atoms with van der Waals surface area (Å²) >= 11 is 1.51. The lowest BCUT2D eigenvalue weighted by atomic mass is 9.72. The van der Waals surface area contributed by atoms with Gasteiger partial charge in [-0.25, -0.2) is 9.78 Å². The van der Waals surface area contributed by atoms with Crippen LogP contribution in [0.3, 0.4) is 0 Å². The smallest absolute Gasteiger partial charge is 0.341 e. The SMILES string of the molecule is COC(=O)c1c(NC(=O)c2cc(-c3ccc(C)cc3)nc3ccccc23)sc2c1CC[C@@H](C(C)(C)C)C2. The Morgan fingerprint density at radius 1 is 1.08 bits per heavy atom. The van der Waals surface area contributed by atoms with Gasteiger partial charge in [0.15, 0.2) is 0 Å². The predicted octanol–water partition coefficient (Wildman–Crippen LogP) is 7.46. The van der Waals surface area contributed by atoms with Crippen LogP contribution in [0.25, 0.3) is 22.2 Å². The number of amides is 1. The minimum Gasteiger partial charge on any atom is -0.465 e. The van der Waals surface area contributed by atoms with E-state index in [0.717, 1.165) is 52.5 Å². The first-order valence-electron chi connectivity index (χ1n) is 12.7. The van der Waals surface area contributed by atoms with Crippen LogP contribution in [0.2, 0.25) is 0 Å². The summed E-state index contributed by atoms with van der Waals surface area (Å²) in [6.07, 6.45) is 2.72. The molecule has 2 aromatic heterocycles. The van der Waals surface area contributed by atoms with Gasteiger partial charge in [0.1, 0.15) is 5.00 Å². The number of ether oxygens (including phenoxy) is 1. The van der Waals surface area contributed by atoms with E-state index in [1.165, 1.54) is 23.3 Å². The molecule has 0 spiro atoms. The molecule has 0 fully saturated rings. The van der Waals surface area contributed by atoms with E-state index >= 15 is 0 Å². The van der Waals surface area contributed by atoms with Crippen molar-refractivity contribution in [2.24, 2.45) is 11.3 Å². The summed E-state index contributed by atoms with van der Waals surface area (Å²) in [6.45, 7) is 8.83. The number of para-hydroxylation sites is 1. The molecular weight excluding hydrogens is 480 g/mol. The van der Waals surface area contributed by atoms with Gasteiger partial charge in [-0.15, -0.1) is 11.3 Å². The van der Waals surface area contributed by atoms with E-state index in [4.69, 9.17) is 9.72 Å². The van der Waals surface area contributed by atoms with Gasteiger partial charge in [0.2, 0.25) is 0 Å². The average molecular weight is 513 g/mol. The third kappa shape index (κ3) is 4.90. The fourth-order valence-electron chi connectivity index (χ4n) is 5.14. The maximum atomic E-state index is 13.8. The molecule has 1 aliphatic rings. The van der Waals surface area contributed by atoms with Gasteiger partial charge in [-0.2, -0.15) is 0 Å². The predicted molar refractivity (Wildman–Crippen MR) is 150 cm³/mol. The summed E-state index contributed by atoms with van der Waals surface area (Å²) < 4.78 is 5.15. The monoisotopic (exact) mass is 512 g/mol. The van der Waals surface area contributed by atoms with E-state index in [9.17, 15) is 9.59 Å². The van der Waals surface area contributed by atoms with Crippen LogP contribution in [0.4, 0.5) is 5.00 Å². The van der Waals surface area contributed by atoms with E-state index in [1.807, 2.05) is 61.5 Å². The first-order valence-corrected chi connectivity index (χ1v) is 13.5. The zero-order valence-corrected chi connectivity index (χ0v) is 22.8. The van der Waals surface area contributed by atoms with Gasteiger partial charge in [-0.3, -0.25) is 4.79 Å². The summed E-state index contributed by atoms with van der Waals surface area (Å²) in [4.78, 5) is 32.6. The van der Waals surface area contributed by atoms with Crippen molar-refractivity contribution in [3.63, 3.8) is 0 Å². The number of thiophene rings is 1. The highest BCUT2D eigenvalue weighted by Gasteiger charge is 2.34. The molecule has 4 aromatic rings. The molecular formula is C31H32N2O3S. The number of carbonyl (C=O) groups excluding carboxylic acids is 2. The molecule has 6 heteroatoms. The number of nitrogens with zero attached hydrogens (tertiary/aromatic N) is 1. The van der Waals surface area contributed by atoms with Crippen molar-refractivity contribution in [2.45, 2.75) is 47.0 Å². The van der Waals surface area contributed by atoms with Crippen molar-refractivity contribution in [1.29, 1.82) is 0 Å². The zero-order chi connectivity index (χ0) is 26.3. The molecule has 1 atom stereocenters. The standard InChI is InChI=1S/C31H32N2O3S/c1-18-10-12-19(13-11-18)25-17-23(21-8-6-7-9-24(21)32-25)28(34)33-29-27(30(35)36-5)22-15-14-20(31(2,3)4)16-26(22)37-29/h6-13,17,20H,14-16H2,1-5H3,(H,33,34)/t20-/m1/s1. The van der Waals surface area contributed by atoms with Crippen molar-refractivity contribution in [3.05, 3.63) is 81.7 Å². The summed E-state index contributed by atoms with van der Waals surface area (Å²) in [5, 5.41) is 4.42. The van der Waals surface area contributed by atoms with Crippen LogP contribution in [0.15, 0.2) is 54.6 Å². The average Bonchev–Trinajstić information content (AvgIpc) is 3.24. The second-order valence-electron chi connectivity index (χ2n) is 10.9. The van der Waals surface area contributed by atoms with Gasteiger partial charge in [0.25, 0.3) is 5.91 Å². The van der Waals surface area contributed by atoms with E-state index in [2.05, 4.69) is 26.1 Å². The number of pyridine rings is 1. The van der Waals surface area contributed by atoms with Gasteiger partial charge in [0, 0.05) is 15.8 Å². The molecule has 0 unspecified atom stereocenters. The Morgan fingerprint density at radius 2 is 1.81 bits per heavy atom. The number of aryl methyl sites for hydroxylation is 1. The number of rotatable bonds is 4. The molecule has 0 aliphatic heterocycles. The second kappa shape index (κ2) is 9.75. The molecule has 5 rings (SSSR count). The van der Waals surface area contributed by atoms with E-state index in [-0.39, 0.29) is 11.3 Å². The lowest BCUT2D eigenvalue weighted by molar-refractivity contribution is 0.0600. The van der Waals surface area contributed by atoms with Gasteiger partial charge in [0.05, 0.1) is 29.4 Å². The topological polar surface area (TPSA) is 68.3 Å². The Labute approximate surface area is 221 Å². The van der Waals surface area contributed by atoms with Crippen LogP contribution >= 0.6 is 11.3 Å². The Balaban J connectivity index is 1.56. The molecule has 190 valence electrons. The number of fused-ring (bicyclic) bond motifs is 2. The fourth-order valence-corrected chi connectivity index (χ4v) is 6.45. The van der Waals surface area contributed by atoms with Crippen molar-refractivity contribution < 1.29 is 14.3 Å². The van der Waals surface area contributed by atoms with Gasteiger partial charge < -0.3 is 10.1 Å². The van der Waals surface area contributed by atoms with Crippen molar-refractivity contribution >= 4 is 39.1 Å². The third-order valence-corrected chi connectivity index (χ3v) is 8.58. The molecule has 2 aromatic carbocycles. The largest absolute Gasteiger partial charge is 0.465 e. The molecule has 1 aliphatic carbocycles. The number of anilines is 1. The Morgan fingerprint density at radius 3 is 2.51 bits per heavy atom. The summed E-state index contributed by atoms with van der Waals surface area (Å²) in [5.41, 5.74) is 5.81. The first-order chi connectivity index (χ1) is 17.7. The van der Waals surface area contributed by atoms with Crippen LogP contribution in [0.1, 0.15) is 63.9 Å². The Bertz CT molecular complexity index is 1500. The number of aromatic nitrogens is 1. The molecule has 5 nitrogen and oxygen atoms in total. The van der Waals surface area contributed by atoms with Gasteiger partial charge >= 0.3 is 5.97 Å². The molecule has 0 saturated heterocycles. The third-order valence-electron chi connectivity index (χ3n) is 7.41. The number of methoxy groups -OCH3 is 1. The van der Waals surface area contributed by atoms with E-state index in [1.54, 1.807) is 0 Å². The minimum absolute atomic E-state index is 0.179. The van der Waals surface area contributed by atoms with E-state index in [0.29, 0.717) is 22.0 Å². The molecule has 1 amide bonds. The second-order valence-corrected chi connectivity index (χ2v) is 12.0. The minimum atomic E-state index is -0.401. The number of carbonyl (C=O) groups is 2. The fraction of sp³-hybridized carbons (Fsp3) is 0.323. The van der Waals surface area contributed by atoms with Gasteiger partial charge in [-0.1, -0.05) is 68.8 Å². The van der Waals surface area contributed by atoms with Crippen LogP contribution in [-0.2, 0) is 17.6 Å². The van der Waals surface area contributed by atoms with Gasteiger partial charge in [-0.05, 0) is 55.2 Å². The lowest BCUT2D eigenvalue weighted by Gasteiger charge is -2.33. The molecule has 0 saturated carbocycles. The quantitative estimate of drug-likeness (QED) is 0.288. The van der Waals surface area contributed by atoms with Crippen molar-refractivity contribution in [2.75, 3.05) is 12.4 Å². The molecule has 0 radical (unpaired) electrons. The van der Waals surface area contributed by atoms with Crippen LogP contribution < -0.4 is 5.32 Å². The van der Waals surface area contributed by atoms with Crippen LogP contribution in [0, 0.1) is 18.3 Å². The molecule has 2 heterocycles. The van der Waals surface area contributed by atoms with Crippen LogP contribution in [0.5, 0.6) is 0 Å². The normalized spacial score (nSPS) is 15.3. The van der Waals surface area contributed by atoms with Crippen molar-refractivity contribution in [3.8, 4) is 11.3 Å². The Kier molecular flexibility index (Phi) is 6.63. The number of nitrogens with one attached hydrogen (secondary N) is 1. The molecule has 1 N–H and O–H groups in total.